The molecule has 0 radical (unpaired) electrons. The van der Waals surface area contributed by atoms with Crippen molar-refractivity contribution in [1.82, 2.24) is 14.5 Å². The standard InChI is InChI=1S/C44H25N3OS/c1-2-12-26(13-3-1)39-43-40(34-17-7-9-23-38(34)49-43)46-44(45-39)47-36-25-28-15-5-4-14-27(28)24-35(36)31-19-10-18-30(41(31)47)33-21-11-20-32-29-16-6-8-22-37(29)48-42(32)33/h1-25H. The van der Waals surface area contributed by atoms with Gasteiger partial charge in [0.1, 0.15) is 11.2 Å². The number of rotatable bonds is 3. The molecule has 0 saturated carbocycles. The zero-order valence-electron chi connectivity index (χ0n) is 26.1. The van der Waals surface area contributed by atoms with Crippen molar-refractivity contribution in [2.75, 3.05) is 0 Å². The van der Waals surface area contributed by atoms with E-state index in [1.54, 1.807) is 11.3 Å². The minimum atomic E-state index is 0.648. The largest absolute Gasteiger partial charge is 0.455 e. The minimum Gasteiger partial charge on any atom is -0.455 e. The van der Waals surface area contributed by atoms with Gasteiger partial charge in [-0.1, -0.05) is 127 Å². The Kier molecular flexibility index (Phi) is 5.51. The first kappa shape index (κ1) is 26.7. The zero-order chi connectivity index (χ0) is 32.1. The maximum Gasteiger partial charge on any atom is 0.235 e. The fourth-order valence-corrected chi connectivity index (χ4v) is 8.76. The van der Waals surface area contributed by atoms with Gasteiger partial charge in [0, 0.05) is 48.3 Å². The fraction of sp³-hybridized carbons (Fsp3) is 0. The molecule has 0 aliphatic rings. The molecule has 4 nitrogen and oxygen atoms in total. The summed E-state index contributed by atoms with van der Waals surface area (Å²) in [5.74, 6) is 0.648. The van der Waals surface area contributed by atoms with E-state index in [9.17, 15) is 0 Å². The summed E-state index contributed by atoms with van der Waals surface area (Å²) in [7, 11) is 0. The first-order valence-corrected chi connectivity index (χ1v) is 17.2. The van der Waals surface area contributed by atoms with Crippen LogP contribution in [0.4, 0.5) is 0 Å². The second kappa shape index (κ2) is 10.1. The normalized spacial score (nSPS) is 12.1. The van der Waals surface area contributed by atoms with Crippen molar-refractivity contribution in [3.63, 3.8) is 0 Å². The van der Waals surface area contributed by atoms with Crippen molar-refractivity contribution in [2.45, 2.75) is 0 Å². The maximum absolute atomic E-state index is 6.60. The van der Waals surface area contributed by atoms with Gasteiger partial charge in [0.2, 0.25) is 5.95 Å². The van der Waals surface area contributed by atoms with Crippen molar-refractivity contribution >= 4 is 86.2 Å². The van der Waals surface area contributed by atoms with E-state index in [1.807, 2.05) is 12.1 Å². The van der Waals surface area contributed by atoms with Gasteiger partial charge >= 0.3 is 0 Å². The SMILES string of the molecule is c1ccc(-c2nc(-n3c4cc5ccccc5cc4c4cccc(-c5cccc6c5oc5ccccc56)c43)nc3c2sc2ccccc23)cc1. The number of thiophene rings is 1. The number of fused-ring (bicyclic) bond motifs is 10. The highest BCUT2D eigenvalue weighted by atomic mass is 32.1. The number of furan rings is 1. The van der Waals surface area contributed by atoms with Gasteiger partial charge < -0.3 is 4.42 Å². The van der Waals surface area contributed by atoms with Crippen LogP contribution in [0, 0.1) is 0 Å². The quantitative estimate of drug-likeness (QED) is 0.192. The number of benzene rings is 7. The van der Waals surface area contributed by atoms with Crippen LogP contribution < -0.4 is 0 Å². The Labute approximate surface area is 284 Å². The summed E-state index contributed by atoms with van der Waals surface area (Å²) in [5, 5.41) is 8.03. The Morgan fingerprint density at radius 2 is 1.22 bits per heavy atom. The van der Waals surface area contributed by atoms with Gasteiger partial charge in [0.25, 0.3) is 0 Å². The Bertz CT molecular complexity index is 3110. The summed E-state index contributed by atoms with van der Waals surface area (Å²) in [6, 6.07) is 53.5. The van der Waals surface area contributed by atoms with Gasteiger partial charge in [-0.3, -0.25) is 4.57 Å². The monoisotopic (exact) mass is 643 g/mol. The topological polar surface area (TPSA) is 43.9 Å². The van der Waals surface area contributed by atoms with Gasteiger partial charge in [-0.25, -0.2) is 9.97 Å². The van der Waals surface area contributed by atoms with E-state index in [1.165, 1.54) is 15.5 Å². The van der Waals surface area contributed by atoms with Crippen molar-refractivity contribution in [2.24, 2.45) is 0 Å². The van der Waals surface area contributed by atoms with E-state index in [2.05, 4.69) is 144 Å². The van der Waals surface area contributed by atoms with Crippen molar-refractivity contribution in [3.8, 4) is 28.3 Å². The van der Waals surface area contributed by atoms with Gasteiger partial charge in [-0.15, -0.1) is 11.3 Å². The third kappa shape index (κ3) is 3.85. The van der Waals surface area contributed by atoms with Crippen molar-refractivity contribution in [3.05, 3.63) is 152 Å². The van der Waals surface area contributed by atoms with Gasteiger partial charge in [-0.05, 0) is 35.0 Å². The fourth-order valence-electron chi connectivity index (χ4n) is 7.61. The molecule has 11 rings (SSSR count). The number of nitrogens with zero attached hydrogens (tertiary/aromatic N) is 3. The predicted octanol–water partition coefficient (Wildman–Crippen LogP) is 12.3. The van der Waals surface area contributed by atoms with Crippen LogP contribution in [0.3, 0.4) is 0 Å². The van der Waals surface area contributed by atoms with Crippen LogP contribution >= 0.6 is 11.3 Å². The van der Waals surface area contributed by atoms with Crippen LogP contribution in [0.15, 0.2) is 156 Å². The lowest BCUT2D eigenvalue weighted by Crippen LogP contribution is -2.03. The highest BCUT2D eigenvalue weighted by molar-refractivity contribution is 7.26. The molecule has 0 bridgehead atoms. The molecule has 0 amide bonds. The number of hydrogen-bond donors (Lipinski definition) is 0. The van der Waals surface area contributed by atoms with Crippen LogP contribution in [0.5, 0.6) is 0 Å². The van der Waals surface area contributed by atoms with Crippen LogP contribution in [-0.2, 0) is 0 Å². The van der Waals surface area contributed by atoms with E-state index in [0.29, 0.717) is 5.95 Å². The first-order chi connectivity index (χ1) is 24.3. The molecule has 0 fully saturated rings. The highest BCUT2D eigenvalue weighted by Crippen LogP contribution is 2.44. The van der Waals surface area contributed by atoms with E-state index in [0.717, 1.165) is 81.7 Å². The molecule has 0 spiro atoms. The summed E-state index contributed by atoms with van der Waals surface area (Å²) >= 11 is 1.75. The Morgan fingerprint density at radius 3 is 2.10 bits per heavy atom. The Morgan fingerprint density at radius 1 is 0.531 bits per heavy atom. The Hall–Kier alpha value is -6.30. The maximum atomic E-state index is 6.60. The predicted molar refractivity (Wildman–Crippen MR) is 205 cm³/mol. The number of hydrogen-bond acceptors (Lipinski definition) is 4. The van der Waals surface area contributed by atoms with E-state index >= 15 is 0 Å². The summed E-state index contributed by atoms with van der Waals surface area (Å²) in [5.41, 5.74) is 8.97. The second-order valence-electron chi connectivity index (χ2n) is 12.5. The molecule has 4 aromatic heterocycles. The number of aromatic nitrogens is 3. The Balaban J connectivity index is 1.32. The number of para-hydroxylation sites is 3. The van der Waals surface area contributed by atoms with Crippen molar-refractivity contribution < 1.29 is 4.42 Å². The summed E-state index contributed by atoms with van der Waals surface area (Å²) < 4.78 is 11.2. The summed E-state index contributed by atoms with van der Waals surface area (Å²) in [6.07, 6.45) is 0. The van der Waals surface area contributed by atoms with Crippen LogP contribution in [0.1, 0.15) is 0 Å². The molecular formula is C44H25N3OS. The summed E-state index contributed by atoms with van der Waals surface area (Å²) in [6.45, 7) is 0. The molecule has 0 unspecified atom stereocenters. The third-order valence-electron chi connectivity index (χ3n) is 9.80. The average molecular weight is 644 g/mol. The van der Waals surface area contributed by atoms with E-state index in [4.69, 9.17) is 14.4 Å². The van der Waals surface area contributed by atoms with E-state index in [-0.39, 0.29) is 0 Å². The molecule has 5 heteroatoms. The molecule has 0 saturated heterocycles. The van der Waals surface area contributed by atoms with Crippen molar-refractivity contribution in [1.29, 1.82) is 0 Å². The van der Waals surface area contributed by atoms with Crippen LogP contribution in [0.25, 0.3) is 103 Å². The summed E-state index contributed by atoms with van der Waals surface area (Å²) in [4.78, 5) is 10.9. The van der Waals surface area contributed by atoms with Gasteiger partial charge in [0.05, 0.1) is 26.9 Å². The van der Waals surface area contributed by atoms with Gasteiger partial charge in [-0.2, -0.15) is 0 Å². The minimum absolute atomic E-state index is 0.648. The molecular weight excluding hydrogens is 619 g/mol. The highest BCUT2D eigenvalue weighted by Gasteiger charge is 2.23. The van der Waals surface area contributed by atoms with Crippen LogP contribution in [-0.4, -0.2) is 14.5 Å². The smallest absolute Gasteiger partial charge is 0.235 e. The second-order valence-corrected chi connectivity index (χ2v) is 13.6. The van der Waals surface area contributed by atoms with Gasteiger partial charge in [0.15, 0.2) is 0 Å². The molecule has 228 valence electrons. The zero-order valence-corrected chi connectivity index (χ0v) is 26.9. The van der Waals surface area contributed by atoms with E-state index < -0.39 is 0 Å². The average Bonchev–Trinajstić information content (AvgIpc) is 3.83. The first-order valence-electron chi connectivity index (χ1n) is 16.4. The van der Waals surface area contributed by atoms with Crippen LogP contribution in [0.2, 0.25) is 0 Å². The molecule has 0 N–H and O–H groups in total. The molecule has 7 aromatic carbocycles. The molecule has 0 aliphatic heterocycles. The molecule has 0 atom stereocenters. The molecule has 49 heavy (non-hydrogen) atoms. The lowest BCUT2D eigenvalue weighted by Gasteiger charge is -2.13. The lowest BCUT2D eigenvalue weighted by molar-refractivity contribution is 0.670. The third-order valence-corrected chi connectivity index (χ3v) is 11.0. The molecule has 11 aromatic rings. The lowest BCUT2D eigenvalue weighted by atomic mass is 9.99. The molecule has 0 aliphatic carbocycles. The molecule has 4 heterocycles.